The molecule has 0 aromatic carbocycles. The minimum absolute atomic E-state index is 2.09. The van der Waals surface area contributed by atoms with Gasteiger partial charge in [-0.25, -0.2) is 0 Å². The Kier molecular flexibility index (Phi) is 2.85. The second kappa shape index (κ2) is 2.74. The van der Waals surface area contributed by atoms with Crippen molar-refractivity contribution < 1.29 is 56.9 Å². The standard InChI is InChI=1S/C3F7.Hg/c4-1(2(5,6)7)3(8,9)10;. The average Bonchev–Trinajstić information content (AvgIpc) is 1.58. The van der Waals surface area contributed by atoms with Gasteiger partial charge in [0.2, 0.25) is 0 Å². The molecular formula is C3F7Hg. The summed E-state index contributed by atoms with van der Waals surface area (Å²) in [5, 5.41) is 0. The van der Waals surface area contributed by atoms with Gasteiger partial charge in [0.05, 0.1) is 0 Å². The predicted molar refractivity (Wildman–Crippen MR) is 15.9 cm³/mol. The molecule has 0 saturated heterocycles. The Hall–Kier alpha value is 0.445. The van der Waals surface area contributed by atoms with Gasteiger partial charge in [-0.1, -0.05) is 0 Å². The van der Waals surface area contributed by atoms with Gasteiger partial charge in [0.25, 0.3) is 0 Å². The summed E-state index contributed by atoms with van der Waals surface area (Å²) in [5.41, 5.74) is 0. The van der Waals surface area contributed by atoms with Crippen LogP contribution in [-0.2, 0) is 26.1 Å². The van der Waals surface area contributed by atoms with Crippen molar-refractivity contribution in [2.75, 3.05) is 0 Å². The monoisotopic (exact) mass is 371 g/mol. The van der Waals surface area contributed by atoms with Crippen LogP contribution in [0.15, 0.2) is 0 Å². The second-order valence-corrected chi connectivity index (χ2v) is 5.58. The van der Waals surface area contributed by atoms with Crippen LogP contribution in [0.25, 0.3) is 0 Å². The van der Waals surface area contributed by atoms with E-state index in [9.17, 15) is 30.7 Å². The fourth-order valence-corrected chi connectivity index (χ4v) is 0.161. The summed E-state index contributed by atoms with van der Waals surface area (Å²) in [6, 6.07) is 0. The first-order valence-corrected chi connectivity index (χ1v) is 4.93. The summed E-state index contributed by atoms with van der Waals surface area (Å²) in [6.45, 7) is 0. The Labute approximate surface area is 72.7 Å². The van der Waals surface area contributed by atoms with E-state index in [2.05, 4.69) is 0 Å². The van der Waals surface area contributed by atoms with Gasteiger partial charge in [0, 0.05) is 0 Å². The molecule has 0 amide bonds. The molecule has 0 heterocycles. The molecule has 0 saturated carbocycles. The molecule has 0 N–H and O–H groups in total. The van der Waals surface area contributed by atoms with Gasteiger partial charge in [-0.05, 0) is 0 Å². The zero-order valence-electron chi connectivity index (χ0n) is 4.85. The van der Waals surface area contributed by atoms with Crippen molar-refractivity contribution in [2.45, 2.75) is 15.5 Å². The van der Waals surface area contributed by atoms with Crippen LogP contribution in [-0.4, -0.2) is 15.5 Å². The van der Waals surface area contributed by atoms with Crippen LogP contribution < -0.4 is 0 Å². The molecule has 0 aromatic rings. The zero-order valence-corrected chi connectivity index (χ0v) is 10.4. The molecular weight excluding hydrogens is 370 g/mol. The van der Waals surface area contributed by atoms with Crippen molar-refractivity contribution in [1.82, 2.24) is 0 Å². The number of halogens is 7. The molecule has 0 radical (unpaired) electrons. The fraction of sp³-hybridized carbons (Fsp3) is 1.00. The van der Waals surface area contributed by atoms with Crippen LogP contribution in [0.1, 0.15) is 0 Å². The van der Waals surface area contributed by atoms with E-state index in [1.54, 1.807) is 0 Å². The number of alkyl halides is 7. The molecule has 0 nitrogen and oxygen atoms in total. The predicted octanol–water partition coefficient (Wildman–Crippen LogP) is 2.32. The molecule has 0 aliphatic rings. The topological polar surface area (TPSA) is 0 Å². The van der Waals surface area contributed by atoms with E-state index in [1.165, 1.54) is 0 Å². The Morgan fingerprint density at radius 1 is 0.636 bits per heavy atom. The van der Waals surface area contributed by atoms with Gasteiger partial charge < -0.3 is 0 Å². The molecule has 11 heavy (non-hydrogen) atoms. The molecule has 0 unspecified atom stereocenters. The van der Waals surface area contributed by atoms with Crippen molar-refractivity contribution in [3.8, 4) is 0 Å². The molecule has 0 rings (SSSR count). The van der Waals surface area contributed by atoms with Gasteiger partial charge in [-0.2, -0.15) is 0 Å². The number of rotatable bonds is 0. The SMILES string of the molecule is FC(F)(F)[C](F)([Hg])C(F)(F)F. The number of hydrogen-bond donors (Lipinski definition) is 0. The molecule has 0 aromatic heterocycles. The van der Waals surface area contributed by atoms with Crippen molar-refractivity contribution in [1.29, 1.82) is 0 Å². The van der Waals surface area contributed by atoms with E-state index in [0.29, 0.717) is 0 Å². The Morgan fingerprint density at radius 2 is 0.818 bits per heavy atom. The van der Waals surface area contributed by atoms with Crippen molar-refractivity contribution in [3.05, 3.63) is 0 Å². The van der Waals surface area contributed by atoms with Crippen LogP contribution in [0, 0.1) is 0 Å². The van der Waals surface area contributed by atoms with Crippen LogP contribution in [0.4, 0.5) is 30.7 Å². The zero-order chi connectivity index (χ0) is 9.50. The van der Waals surface area contributed by atoms with E-state index in [-0.39, 0.29) is 0 Å². The van der Waals surface area contributed by atoms with E-state index < -0.39 is 41.7 Å². The van der Waals surface area contributed by atoms with Gasteiger partial charge in [0.1, 0.15) is 0 Å². The summed E-state index contributed by atoms with van der Waals surface area (Å²) in [4.78, 5) is 0. The average molecular weight is 370 g/mol. The van der Waals surface area contributed by atoms with Gasteiger partial charge in [0.15, 0.2) is 0 Å². The van der Waals surface area contributed by atoms with Crippen LogP contribution in [0.3, 0.4) is 0 Å². The minimum atomic E-state index is -5.83. The Morgan fingerprint density at radius 3 is 0.818 bits per heavy atom. The number of hydrogen-bond acceptors (Lipinski definition) is 0. The van der Waals surface area contributed by atoms with Crippen LogP contribution >= 0.6 is 0 Å². The maximum absolute atomic E-state index is 11.9. The van der Waals surface area contributed by atoms with Gasteiger partial charge >= 0.3 is 72.4 Å². The third-order valence-corrected chi connectivity index (χ3v) is 4.02. The quantitative estimate of drug-likeness (QED) is 0.454. The van der Waals surface area contributed by atoms with Crippen LogP contribution in [0.2, 0.25) is 0 Å². The molecule has 0 atom stereocenters. The molecule has 0 spiro atoms. The van der Waals surface area contributed by atoms with Gasteiger partial charge in [-0.15, -0.1) is 0 Å². The van der Waals surface area contributed by atoms with Crippen molar-refractivity contribution >= 4 is 0 Å². The summed E-state index contributed by atoms with van der Waals surface area (Å²) in [6.07, 6.45) is -11.7. The van der Waals surface area contributed by atoms with E-state index in [4.69, 9.17) is 0 Å². The third-order valence-electron chi connectivity index (χ3n) is 0.899. The first-order chi connectivity index (χ1) is 4.50. The van der Waals surface area contributed by atoms with E-state index >= 15 is 0 Å². The summed E-state index contributed by atoms with van der Waals surface area (Å²) < 4.78 is 74.7. The summed E-state index contributed by atoms with van der Waals surface area (Å²) in [7, 11) is 0. The molecule has 8 heteroatoms. The van der Waals surface area contributed by atoms with Crippen molar-refractivity contribution in [2.24, 2.45) is 0 Å². The summed E-state index contributed by atoms with van der Waals surface area (Å²) >= 11 is -2.09. The third kappa shape index (κ3) is 2.19. The van der Waals surface area contributed by atoms with E-state index in [0.717, 1.165) is 0 Å². The molecule has 0 aliphatic heterocycles. The molecule has 63 valence electrons. The van der Waals surface area contributed by atoms with Crippen molar-refractivity contribution in [3.63, 3.8) is 0 Å². The normalized spacial score (nSPS) is 15.4. The first-order valence-electron chi connectivity index (χ1n) is 2.18. The molecule has 0 aliphatic carbocycles. The molecule has 0 bridgehead atoms. The first kappa shape index (κ1) is 11.4. The van der Waals surface area contributed by atoms with Crippen LogP contribution in [0.5, 0.6) is 0 Å². The Balaban J connectivity index is 4.75. The fourth-order valence-electron chi connectivity index (χ4n) is 0.161. The Bertz CT molecular complexity index is 125. The maximum atomic E-state index is 11.9. The molecule has 0 fully saturated rings. The van der Waals surface area contributed by atoms with E-state index in [1.807, 2.05) is 0 Å². The second-order valence-electron chi connectivity index (χ2n) is 1.80. The van der Waals surface area contributed by atoms with Gasteiger partial charge in [-0.3, -0.25) is 0 Å². The summed E-state index contributed by atoms with van der Waals surface area (Å²) in [5.74, 6) is 0.